The monoisotopic (exact) mass is 320 g/mol. The zero-order valence-electron chi connectivity index (χ0n) is 10.3. The van der Waals surface area contributed by atoms with Crippen LogP contribution in [0.25, 0.3) is 0 Å². The van der Waals surface area contributed by atoms with Crippen molar-refractivity contribution in [2.45, 2.75) is 0 Å². The number of carbonyl (C=O) groups is 1. The molecule has 0 spiro atoms. The van der Waals surface area contributed by atoms with Gasteiger partial charge in [-0.2, -0.15) is 0 Å². The van der Waals surface area contributed by atoms with Gasteiger partial charge in [-0.25, -0.2) is 4.79 Å². The molecular weight excluding hydrogens is 308 g/mol. The molecule has 98 valence electrons. The zero-order chi connectivity index (χ0) is 13.8. The van der Waals surface area contributed by atoms with Crippen LogP contribution >= 0.6 is 15.9 Å². The van der Waals surface area contributed by atoms with Crippen molar-refractivity contribution < 1.29 is 9.53 Å². The average molecular weight is 321 g/mol. The lowest BCUT2D eigenvalue weighted by molar-refractivity contribution is 0.0601. The van der Waals surface area contributed by atoms with E-state index in [4.69, 9.17) is 5.73 Å². The minimum atomic E-state index is -0.402. The van der Waals surface area contributed by atoms with E-state index in [1.165, 1.54) is 7.11 Å². The van der Waals surface area contributed by atoms with E-state index in [2.05, 4.69) is 26.0 Å². The molecule has 0 saturated carbocycles. The number of ether oxygens (including phenoxy) is 1. The van der Waals surface area contributed by atoms with Gasteiger partial charge < -0.3 is 15.8 Å². The standard InChI is InChI=1S/C14H13BrN2O2/c1-19-14(18)9-5-6-13(12(16)7-9)17-11-4-2-3-10(15)8-11/h2-8,17H,16H2,1H3. The van der Waals surface area contributed by atoms with E-state index in [0.29, 0.717) is 11.3 Å². The normalized spacial score (nSPS) is 10.0. The Morgan fingerprint density at radius 1 is 1.26 bits per heavy atom. The molecule has 0 saturated heterocycles. The van der Waals surface area contributed by atoms with Gasteiger partial charge in [0.05, 0.1) is 24.0 Å². The first-order chi connectivity index (χ1) is 9.10. The maximum Gasteiger partial charge on any atom is 0.337 e. The van der Waals surface area contributed by atoms with Crippen molar-refractivity contribution in [3.05, 3.63) is 52.5 Å². The number of carbonyl (C=O) groups excluding carboxylic acids is 1. The highest BCUT2D eigenvalue weighted by molar-refractivity contribution is 9.10. The van der Waals surface area contributed by atoms with E-state index >= 15 is 0 Å². The molecule has 0 amide bonds. The van der Waals surface area contributed by atoms with E-state index in [1.807, 2.05) is 24.3 Å². The van der Waals surface area contributed by atoms with Crippen LogP contribution in [-0.4, -0.2) is 13.1 Å². The quantitative estimate of drug-likeness (QED) is 0.670. The summed E-state index contributed by atoms with van der Waals surface area (Å²) in [5.41, 5.74) is 8.49. The van der Waals surface area contributed by atoms with Crippen LogP contribution in [0.3, 0.4) is 0 Å². The minimum absolute atomic E-state index is 0.402. The highest BCUT2D eigenvalue weighted by Crippen LogP contribution is 2.26. The molecule has 0 aliphatic carbocycles. The molecular formula is C14H13BrN2O2. The number of nitrogen functional groups attached to an aromatic ring is 1. The van der Waals surface area contributed by atoms with Crippen LogP contribution in [-0.2, 0) is 4.74 Å². The first kappa shape index (κ1) is 13.4. The van der Waals surface area contributed by atoms with E-state index in [0.717, 1.165) is 15.8 Å². The van der Waals surface area contributed by atoms with Crippen molar-refractivity contribution in [3.8, 4) is 0 Å². The topological polar surface area (TPSA) is 64.3 Å². The largest absolute Gasteiger partial charge is 0.465 e. The number of hydrogen-bond donors (Lipinski definition) is 2. The van der Waals surface area contributed by atoms with Gasteiger partial charge in [-0.05, 0) is 36.4 Å². The Bertz CT molecular complexity index is 614. The lowest BCUT2D eigenvalue weighted by Crippen LogP contribution is -2.03. The first-order valence-corrected chi connectivity index (χ1v) is 6.40. The van der Waals surface area contributed by atoms with Crippen molar-refractivity contribution in [2.24, 2.45) is 0 Å². The Kier molecular flexibility index (Phi) is 4.06. The second kappa shape index (κ2) is 5.75. The van der Waals surface area contributed by atoms with Crippen molar-refractivity contribution >= 4 is 39.0 Å². The van der Waals surface area contributed by atoms with Crippen LogP contribution in [0.1, 0.15) is 10.4 Å². The molecule has 0 radical (unpaired) electrons. The number of hydrogen-bond acceptors (Lipinski definition) is 4. The third-order valence-corrected chi connectivity index (χ3v) is 3.07. The molecule has 3 N–H and O–H groups in total. The Morgan fingerprint density at radius 3 is 2.68 bits per heavy atom. The molecule has 2 rings (SSSR count). The number of benzene rings is 2. The Hall–Kier alpha value is -2.01. The summed E-state index contributed by atoms with van der Waals surface area (Å²) in [6.45, 7) is 0. The number of halogens is 1. The summed E-state index contributed by atoms with van der Waals surface area (Å²) in [7, 11) is 1.34. The number of methoxy groups -OCH3 is 1. The molecule has 4 nitrogen and oxygen atoms in total. The molecule has 0 aliphatic heterocycles. The van der Waals surface area contributed by atoms with E-state index in [-0.39, 0.29) is 0 Å². The SMILES string of the molecule is COC(=O)c1ccc(Nc2cccc(Br)c2)c(N)c1. The maximum atomic E-state index is 11.4. The number of nitrogens with two attached hydrogens (primary N) is 1. The molecule has 0 atom stereocenters. The predicted molar refractivity (Wildman–Crippen MR) is 79.6 cm³/mol. The molecule has 19 heavy (non-hydrogen) atoms. The summed E-state index contributed by atoms with van der Waals surface area (Å²) >= 11 is 3.40. The van der Waals surface area contributed by atoms with Gasteiger partial charge in [0.25, 0.3) is 0 Å². The molecule has 2 aromatic carbocycles. The maximum absolute atomic E-state index is 11.4. The van der Waals surface area contributed by atoms with Crippen molar-refractivity contribution in [1.29, 1.82) is 0 Å². The van der Waals surface area contributed by atoms with Crippen LogP contribution in [0.5, 0.6) is 0 Å². The molecule has 0 unspecified atom stereocenters. The number of rotatable bonds is 3. The van der Waals surface area contributed by atoms with Gasteiger partial charge in [0, 0.05) is 10.2 Å². The van der Waals surface area contributed by atoms with Gasteiger partial charge in [0.2, 0.25) is 0 Å². The number of esters is 1. The summed E-state index contributed by atoms with van der Waals surface area (Å²) in [4.78, 5) is 11.4. The van der Waals surface area contributed by atoms with E-state index in [1.54, 1.807) is 18.2 Å². The summed E-state index contributed by atoms with van der Waals surface area (Å²) in [5, 5.41) is 3.19. The molecule has 0 heterocycles. The van der Waals surface area contributed by atoms with Gasteiger partial charge in [-0.1, -0.05) is 22.0 Å². The number of anilines is 3. The summed E-state index contributed by atoms with van der Waals surface area (Å²) < 4.78 is 5.62. The van der Waals surface area contributed by atoms with Gasteiger partial charge in [0.15, 0.2) is 0 Å². The predicted octanol–water partition coefficient (Wildman–Crippen LogP) is 3.56. The Balaban J connectivity index is 2.24. The van der Waals surface area contributed by atoms with Crippen LogP contribution < -0.4 is 11.1 Å². The number of nitrogens with one attached hydrogen (secondary N) is 1. The molecule has 0 aromatic heterocycles. The highest BCUT2D eigenvalue weighted by atomic mass is 79.9. The van der Waals surface area contributed by atoms with Crippen LogP contribution in [0, 0.1) is 0 Å². The molecule has 0 fully saturated rings. The van der Waals surface area contributed by atoms with E-state index < -0.39 is 5.97 Å². The summed E-state index contributed by atoms with van der Waals surface area (Å²) in [6.07, 6.45) is 0. The van der Waals surface area contributed by atoms with Crippen LogP contribution in [0.15, 0.2) is 46.9 Å². The zero-order valence-corrected chi connectivity index (χ0v) is 11.9. The van der Waals surface area contributed by atoms with Crippen LogP contribution in [0.2, 0.25) is 0 Å². The minimum Gasteiger partial charge on any atom is -0.465 e. The van der Waals surface area contributed by atoms with Gasteiger partial charge in [0.1, 0.15) is 0 Å². The highest BCUT2D eigenvalue weighted by Gasteiger charge is 2.08. The van der Waals surface area contributed by atoms with Crippen molar-refractivity contribution in [3.63, 3.8) is 0 Å². The van der Waals surface area contributed by atoms with Crippen LogP contribution in [0.4, 0.5) is 17.1 Å². The fourth-order valence-corrected chi connectivity index (χ4v) is 2.04. The lowest BCUT2D eigenvalue weighted by atomic mass is 10.1. The first-order valence-electron chi connectivity index (χ1n) is 5.60. The average Bonchev–Trinajstić information content (AvgIpc) is 2.40. The Morgan fingerprint density at radius 2 is 2.05 bits per heavy atom. The van der Waals surface area contributed by atoms with Crippen molar-refractivity contribution in [1.82, 2.24) is 0 Å². The van der Waals surface area contributed by atoms with Crippen molar-refractivity contribution in [2.75, 3.05) is 18.2 Å². The second-order valence-corrected chi connectivity index (χ2v) is 4.84. The van der Waals surface area contributed by atoms with Gasteiger partial charge in [-0.3, -0.25) is 0 Å². The molecule has 0 bridgehead atoms. The fourth-order valence-electron chi connectivity index (χ4n) is 1.64. The van der Waals surface area contributed by atoms with Gasteiger partial charge in [-0.15, -0.1) is 0 Å². The second-order valence-electron chi connectivity index (χ2n) is 3.93. The molecule has 5 heteroatoms. The van der Waals surface area contributed by atoms with Gasteiger partial charge >= 0.3 is 5.97 Å². The smallest absolute Gasteiger partial charge is 0.337 e. The molecule has 2 aromatic rings. The fraction of sp³-hybridized carbons (Fsp3) is 0.0714. The lowest BCUT2D eigenvalue weighted by Gasteiger charge is -2.10. The van der Waals surface area contributed by atoms with E-state index in [9.17, 15) is 4.79 Å². The summed E-state index contributed by atoms with van der Waals surface area (Å²) in [6, 6.07) is 12.7. The summed E-state index contributed by atoms with van der Waals surface area (Å²) in [5.74, 6) is -0.402. The third-order valence-electron chi connectivity index (χ3n) is 2.58. The third kappa shape index (κ3) is 3.26. The Labute approximate surface area is 119 Å². The molecule has 0 aliphatic rings.